The van der Waals surface area contributed by atoms with Crippen LogP contribution in [0, 0.1) is 0 Å². The van der Waals surface area contributed by atoms with E-state index in [0.717, 1.165) is 14.6 Å². The van der Waals surface area contributed by atoms with Crippen molar-refractivity contribution in [2.45, 2.75) is 11.3 Å². The summed E-state index contributed by atoms with van der Waals surface area (Å²) in [5.41, 5.74) is 1.30. The van der Waals surface area contributed by atoms with Gasteiger partial charge in [0.2, 0.25) is 0 Å². The highest BCUT2D eigenvalue weighted by atomic mass is 32.2. The molecular weight excluding hydrogens is 330 g/mol. The molecule has 0 saturated heterocycles. The number of aromatic nitrogens is 2. The molecule has 0 bridgehead atoms. The highest BCUT2D eigenvalue weighted by molar-refractivity contribution is 8.00. The maximum atomic E-state index is 11.8. The number of amides is 1. The molecule has 1 N–H and O–H groups in total. The number of pyridine rings is 1. The molecule has 0 fully saturated rings. The molecule has 0 radical (unpaired) electrons. The minimum absolute atomic E-state index is 0.208. The molecule has 0 aliphatic carbocycles. The molecule has 2 heterocycles. The Hall–Kier alpha value is -2.12. The molecule has 0 aliphatic heterocycles. The predicted octanol–water partition coefficient (Wildman–Crippen LogP) is 3.96. The first kappa shape index (κ1) is 15.8. The second kappa shape index (κ2) is 6.97. The number of thioether (sulfide) groups is 1. The monoisotopic (exact) mass is 345 g/mol. The van der Waals surface area contributed by atoms with Gasteiger partial charge in [0.25, 0.3) is 5.91 Å². The number of benzene rings is 1. The zero-order valence-electron chi connectivity index (χ0n) is 12.7. The fourth-order valence-electron chi connectivity index (χ4n) is 2.02. The molecule has 1 aromatic carbocycles. The smallest absolute Gasteiger partial charge is 0.270 e. The molecule has 0 aliphatic rings. The molecule has 0 saturated carbocycles. The Morgan fingerprint density at radius 3 is 2.91 bits per heavy atom. The van der Waals surface area contributed by atoms with Crippen molar-refractivity contribution in [3.63, 3.8) is 0 Å². The zero-order valence-corrected chi connectivity index (χ0v) is 14.3. The molecule has 118 valence electrons. The molecule has 5 nitrogen and oxygen atoms in total. The highest BCUT2D eigenvalue weighted by Crippen LogP contribution is 2.32. The van der Waals surface area contributed by atoms with Crippen LogP contribution in [-0.2, 0) is 0 Å². The van der Waals surface area contributed by atoms with Gasteiger partial charge in [-0.3, -0.25) is 9.78 Å². The average molecular weight is 345 g/mol. The van der Waals surface area contributed by atoms with Gasteiger partial charge in [-0.15, -0.1) is 11.3 Å². The Kier molecular flexibility index (Phi) is 4.78. The average Bonchev–Trinajstić information content (AvgIpc) is 2.98. The molecule has 0 spiro atoms. The summed E-state index contributed by atoms with van der Waals surface area (Å²) in [5.74, 6) is 1.08. The van der Waals surface area contributed by atoms with Gasteiger partial charge in [0.05, 0.1) is 10.2 Å². The van der Waals surface area contributed by atoms with Crippen LogP contribution in [0.15, 0.2) is 40.9 Å². The van der Waals surface area contributed by atoms with Gasteiger partial charge in [0.1, 0.15) is 17.2 Å². The molecular formula is C16H15N3O2S2. The topological polar surface area (TPSA) is 64.1 Å². The summed E-state index contributed by atoms with van der Waals surface area (Å²) in [6, 6.07) is 9.13. The SMILES string of the molecule is CCNC(=O)c1cc(Oc2ccc3nc(SC)sc3c2)ccn1. The van der Waals surface area contributed by atoms with E-state index in [1.165, 1.54) is 0 Å². The largest absolute Gasteiger partial charge is 0.457 e. The number of carbonyl (C=O) groups excluding carboxylic acids is 1. The summed E-state index contributed by atoms with van der Waals surface area (Å²) in [6.07, 6.45) is 3.58. The Morgan fingerprint density at radius 1 is 1.30 bits per heavy atom. The zero-order chi connectivity index (χ0) is 16.2. The number of ether oxygens (including phenoxy) is 1. The molecule has 23 heavy (non-hydrogen) atoms. The number of hydrogen-bond acceptors (Lipinski definition) is 6. The van der Waals surface area contributed by atoms with Gasteiger partial charge < -0.3 is 10.1 Å². The summed E-state index contributed by atoms with van der Waals surface area (Å²) < 4.78 is 7.95. The van der Waals surface area contributed by atoms with E-state index >= 15 is 0 Å². The number of thiazole rings is 1. The van der Waals surface area contributed by atoms with Crippen LogP contribution in [0.1, 0.15) is 17.4 Å². The van der Waals surface area contributed by atoms with E-state index in [0.29, 0.717) is 23.7 Å². The van der Waals surface area contributed by atoms with Crippen LogP contribution in [0.5, 0.6) is 11.5 Å². The quantitative estimate of drug-likeness (QED) is 0.709. The third kappa shape index (κ3) is 3.62. The van der Waals surface area contributed by atoms with Gasteiger partial charge in [-0.25, -0.2) is 4.98 Å². The highest BCUT2D eigenvalue weighted by Gasteiger charge is 2.09. The van der Waals surface area contributed by atoms with Gasteiger partial charge in [0, 0.05) is 24.9 Å². The number of carbonyl (C=O) groups is 1. The van der Waals surface area contributed by atoms with E-state index in [9.17, 15) is 4.79 Å². The Balaban J connectivity index is 1.83. The first-order chi connectivity index (χ1) is 11.2. The number of fused-ring (bicyclic) bond motifs is 1. The first-order valence-electron chi connectivity index (χ1n) is 7.06. The minimum Gasteiger partial charge on any atom is -0.457 e. The molecule has 7 heteroatoms. The van der Waals surface area contributed by atoms with Crippen molar-refractivity contribution in [2.75, 3.05) is 12.8 Å². The van der Waals surface area contributed by atoms with Crippen LogP contribution in [0.4, 0.5) is 0 Å². The minimum atomic E-state index is -0.208. The number of nitrogens with zero attached hydrogens (tertiary/aromatic N) is 2. The van der Waals surface area contributed by atoms with Gasteiger partial charge in [-0.1, -0.05) is 11.8 Å². The van der Waals surface area contributed by atoms with Crippen molar-refractivity contribution < 1.29 is 9.53 Å². The lowest BCUT2D eigenvalue weighted by Gasteiger charge is -2.07. The Bertz CT molecular complexity index is 848. The Labute approximate surface area is 142 Å². The van der Waals surface area contributed by atoms with Crippen LogP contribution in [-0.4, -0.2) is 28.7 Å². The summed E-state index contributed by atoms with van der Waals surface area (Å²) in [4.78, 5) is 20.4. The third-order valence-corrected chi connectivity index (χ3v) is 5.06. The summed E-state index contributed by atoms with van der Waals surface area (Å²) in [6.45, 7) is 2.43. The van der Waals surface area contributed by atoms with Crippen molar-refractivity contribution >= 4 is 39.2 Å². The Morgan fingerprint density at radius 2 is 2.13 bits per heavy atom. The van der Waals surface area contributed by atoms with Gasteiger partial charge in [0.15, 0.2) is 4.34 Å². The number of nitrogens with one attached hydrogen (secondary N) is 1. The summed E-state index contributed by atoms with van der Waals surface area (Å²) in [5, 5.41) is 2.72. The predicted molar refractivity (Wildman–Crippen MR) is 93.7 cm³/mol. The van der Waals surface area contributed by atoms with Gasteiger partial charge in [-0.2, -0.15) is 0 Å². The fraction of sp³-hybridized carbons (Fsp3) is 0.188. The van der Waals surface area contributed by atoms with Crippen LogP contribution in [0.25, 0.3) is 10.2 Å². The summed E-state index contributed by atoms with van der Waals surface area (Å²) in [7, 11) is 0. The van der Waals surface area contributed by atoms with Crippen LogP contribution in [0.2, 0.25) is 0 Å². The van der Waals surface area contributed by atoms with Crippen molar-refractivity contribution in [1.29, 1.82) is 0 Å². The van der Waals surface area contributed by atoms with Crippen molar-refractivity contribution in [1.82, 2.24) is 15.3 Å². The second-order valence-electron chi connectivity index (χ2n) is 4.65. The fourth-order valence-corrected chi connectivity index (χ4v) is 3.54. The van der Waals surface area contributed by atoms with E-state index in [1.807, 2.05) is 31.4 Å². The molecule has 3 rings (SSSR count). The van der Waals surface area contributed by atoms with E-state index in [-0.39, 0.29) is 5.91 Å². The van der Waals surface area contributed by atoms with Crippen LogP contribution < -0.4 is 10.1 Å². The van der Waals surface area contributed by atoms with E-state index in [1.54, 1.807) is 41.4 Å². The molecule has 3 aromatic rings. The second-order valence-corrected chi connectivity index (χ2v) is 6.74. The van der Waals surface area contributed by atoms with E-state index < -0.39 is 0 Å². The molecule has 1 amide bonds. The lowest BCUT2D eigenvalue weighted by atomic mass is 10.3. The summed E-state index contributed by atoms with van der Waals surface area (Å²) >= 11 is 3.26. The van der Waals surface area contributed by atoms with Crippen molar-refractivity contribution in [2.24, 2.45) is 0 Å². The van der Waals surface area contributed by atoms with E-state index in [2.05, 4.69) is 15.3 Å². The van der Waals surface area contributed by atoms with Gasteiger partial charge >= 0.3 is 0 Å². The third-order valence-electron chi connectivity index (χ3n) is 3.05. The maximum Gasteiger partial charge on any atom is 0.270 e. The number of rotatable bonds is 5. The lowest BCUT2D eigenvalue weighted by molar-refractivity contribution is 0.0950. The number of hydrogen-bond donors (Lipinski definition) is 1. The van der Waals surface area contributed by atoms with Crippen molar-refractivity contribution in [3.8, 4) is 11.5 Å². The van der Waals surface area contributed by atoms with Crippen LogP contribution in [0.3, 0.4) is 0 Å². The van der Waals surface area contributed by atoms with E-state index in [4.69, 9.17) is 4.74 Å². The lowest BCUT2D eigenvalue weighted by Crippen LogP contribution is -2.23. The van der Waals surface area contributed by atoms with Gasteiger partial charge in [-0.05, 0) is 31.4 Å². The first-order valence-corrected chi connectivity index (χ1v) is 9.10. The normalized spacial score (nSPS) is 10.7. The van der Waals surface area contributed by atoms with Crippen LogP contribution >= 0.6 is 23.1 Å². The standard InChI is InChI=1S/C16H15N3O2S2/c1-3-17-15(20)13-8-11(6-7-18-13)21-10-4-5-12-14(9-10)23-16(19-12)22-2/h4-9H,3H2,1-2H3,(H,17,20). The maximum absolute atomic E-state index is 11.8. The molecule has 0 unspecified atom stereocenters. The van der Waals surface area contributed by atoms with Crippen molar-refractivity contribution in [3.05, 3.63) is 42.2 Å². The molecule has 0 atom stereocenters. The molecule has 2 aromatic heterocycles.